The fraction of sp³-hybridized carbons (Fsp3) is 0.167. The van der Waals surface area contributed by atoms with Crippen LogP contribution in [0.4, 0.5) is 0 Å². The van der Waals surface area contributed by atoms with E-state index in [9.17, 15) is 4.79 Å². The van der Waals surface area contributed by atoms with Gasteiger partial charge in [0, 0.05) is 28.9 Å². The van der Waals surface area contributed by atoms with Gasteiger partial charge in [0.05, 0.1) is 16.3 Å². The van der Waals surface area contributed by atoms with Crippen LogP contribution < -0.4 is 0 Å². The molecule has 0 aliphatic carbocycles. The molecule has 0 amide bonds. The standard InChI is InChI=1S/C18H13Cl2N3O/c1-10-5-12(7-21)8-23-11(2)16(22-18(10)23)6-14-15(19)4-3-13(9-24)17(14)20/h3-5,8-9H,6H2,1-2H3. The number of fused-ring (bicyclic) bond motifs is 1. The molecule has 1 aromatic carbocycles. The summed E-state index contributed by atoms with van der Waals surface area (Å²) in [7, 11) is 0. The fourth-order valence-electron chi connectivity index (χ4n) is 2.74. The lowest BCUT2D eigenvalue weighted by Crippen LogP contribution is -1.97. The van der Waals surface area contributed by atoms with Crippen LogP contribution in [0.5, 0.6) is 0 Å². The van der Waals surface area contributed by atoms with Crippen LogP contribution in [0.15, 0.2) is 24.4 Å². The van der Waals surface area contributed by atoms with Crippen molar-refractivity contribution in [3.63, 3.8) is 0 Å². The van der Waals surface area contributed by atoms with Gasteiger partial charge in [0.2, 0.25) is 0 Å². The zero-order chi connectivity index (χ0) is 17.4. The molecule has 0 bridgehead atoms. The van der Waals surface area contributed by atoms with Gasteiger partial charge in [0.15, 0.2) is 6.29 Å². The summed E-state index contributed by atoms with van der Waals surface area (Å²) in [4.78, 5) is 15.8. The number of nitriles is 1. The number of imidazole rings is 1. The summed E-state index contributed by atoms with van der Waals surface area (Å²) in [5.74, 6) is 0. The van der Waals surface area contributed by atoms with Crippen LogP contribution in [-0.2, 0) is 6.42 Å². The Morgan fingerprint density at radius 1 is 1.33 bits per heavy atom. The average molecular weight is 358 g/mol. The zero-order valence-electron chi connectivity index (χ0n) is 13.1. The number of nitrogens with zero attached hydrogens (tertiary/aromatic N) is 3. The fourth-order valence-corrected chi connectivity index (χ4v) is 3.28. The van der Waals surface area contributed by atoms with Crippen LogP contribution >= 0.6 is 23.2 Å². The van der Waals surface area contributed by atoms with Crippen molar-refractivity contribution in [3.8, 4) is 6.07 Å². The molecule has 0 saturated heterocycles. The van der Waals surface area contributed by atoms with E-state index in [2.05, 4.69) is 11.1 Å². The van der Waals surface area contributed by atoms with Gasteiger partial charge in [-0.3, -0.25) is 4.79 Å². The van der Waals surface area contributed by atoms with Crippen LogP contribution in [0.3, 0.4) is 0 Å². The molecule has 3 rings (SSSR count). The van der Waals surface area contributed by atoms with E-state index in [1.165, 1.54) is 0 Å². The van der Waals surface area contributed by atoms with E-state index < -0.39 is 0 Å². The Kier molecular flexibility index (Phi) is 4.31. The Morgan fingerprint density at radius 3 is 2.75 bits per heavy atom. The lowest BCUT2D eigenvalue weighted by atomic mass is 10.1. The monoisotopic (exact) mass is 357 g/mol. The number of carbonyl (C=O) groups is 1. The maximum absolute atomic E-state index is 11.1. The number of aryl methyl sites for hydroxylation is 2. The molecule has 0 unspecified atom stereocenters. The lowest BCUT2D eigenvalue weighted by Gasteiger charge is -2.08. The van der Waals surface area contributed by atoms with E-state index in [1.54, 1.807) is 24.4 Å². The number of aromatic nitrogens is 2. The van der Waals surface area contributed by atoms with Gasteiger partial charge in [-0.15, -0.1) is 0 Å². The van der Waals surface area contributed by atoms with Gasteiger partial charge in [0.25, 0.3) is 0 Å². The molecule has 0 aliphatic heterocycles. The normalized spacial score (nSPS) is 10.8. The van der Waals surface area contributed by atoms with Gasteiger partial charge in [-0.1, -0.05) is 23.2 Å². The highest BCUT2D eigenvalue weighted by Crippen LogP contribution is 2.30. The van der Waals surface area contributed by atoms with E-state index in [0.717, 1.165) is 22.6 Å². The summed E-state index contributed by atoms with van der Waals surface area (Å²) < 4.78 is 1.90. The Balaban J connectivity index is 2.16. The topological polar surface area (TPSA) is 58.2 Å². The van der Waals surface area contributed by atoms with Crippen molar-refractivity contribution >= 4 is 35.1 Å². The number of hydrogen-bond donors (Lipinski definition) is 0. The largest absolute Gasteiger partial charge is 0.303 e. The Bertz CT molecular complexity index is 1020. The van der Waals surface area contributed by atoms with Crippen molar-refractivity contribution in [2.75, 3.05) is 0 Å². The molecular weight excluding hydrogens is 345 g/mol. The van der Waals surface area contributed by atoms with E-state index in [1.807, 2.05) is 18.2 Å². The summed E-state index contributed by atoms with van der Waals surface area (Å²) in [5, 5.41) is 9.98. The predicted octanol–water partition coefficient (Wildman–Crippen LogP) is 4.53. The minimum Gasteiger partial charge on any atom is -0.303 e. The van der Waals surface area contributed by atoms with Crippen molar-refractivity contribution in [2.45, 2.75) is 20.3 Å². The van der Waals surface area contributed by atoms with Crippen LogP contribution in [0.2, 0.25) is 10.0 Å². The summed E-state index contributed by atoms with van der Waals surface area (Å²) in [6.07, 6.45) is 2.88. The zero-order valence-corrected chi connectivity index (χ0v) is 14.6. The molecule has 0 fully saturated rings. The molecule has 0 spiro atoms. The first-order chi connectivity index (χ1) is 11.5. The van der Waals surface area contributed by atoms with Gasteiger partial charge in [-0.05, 0) is 43.2 Å². The molecule has 4 nitrogen and oxygen atoms in total. The summed E-state index contributed by atoms with van der Waals surface area (Å²) in [6.45, 7) is 3.85. The molecule has 2 heterocycles. The molecule has 24 heavy (non-hydrogen) atoms. The van der Waals surface area contributed by atoms with Crippen LogP contribution in [0, 0.1) is 25.2 Å². The highest BCUT2D eigenvalue weighted by atomic mass is 35.5. The van der Waals surface area contributed by atoms with E-state index in [-0.39, 0.29) is 0 Å². The van der Waals surface area contributed by atoms with Crippen LogP contribution in [0.25, 0.3) is 5.65 Å². The van der Waals surface area contributed by atoms with Crippen molar-refractivity contribution in [1.29, 1.82) is 5.26 Å². The first kappa shape index (κ1) is 16.5. The van der Waals surface area contributed by atoms with E-state index in [4.69, 9.17) is 28.5 Å². The maximum Gasteiger partial charge on any atom is 0.151 e. The molecule has 2 aromatic heterocycles. The van der Waals surface area contributed by atoms with Crippen LogP contribution in [0.1, 0.15) is 38.4 Å². The molecule has 3 aromatic rings. The lowest BCUT2D eigenvalue weighted by molar-refractivity contribution is 0.112. The molecule has 6 heteroatoms. The first-order valence-electron chi connectivity index (χ1n) is 7.26. The molecule has 120 valence electrons. The van der Waals surface area contributed by atoms with Gasteiger partial charge in [0.1, 0.15) is 11.7 Å². The summed E-state index contributed by atoms with van der Waals surface area (Å²) in [6, 6.07) is 7.22. The van der Waals surface area contributed by atoms with Gasteiger partial charge >= 0.3 is 0 Å². The highest BCUT2D eigenvalue weighted by Gasteiger charge is 2.16. The molecule has 0 aliphatic rings. The smallest absolute Gasteiger partial charge is 0.151 e. The Morgan fingerprint density at radius 2 is 2.08 bits per heavy atom. The molecule has 0 atom stereocenters. The third-order valence-corrected chi connectivity index (χ3v) is 4.86. The number of rotatable bonds is 3. The second-order valence-corrected chi connectivity index (χ2v) is 6.37. The van der Waals surface area contributed by atoms with E-state index >= 15 is 0 Å². The average Bonchev–Trinajstić information content (AvgIpc) is 2.88. The molecule has 0 radical (unpaired) electrons. The minimum absolute atomic E-state index is 0.350. The van der Waals surface area contributed by atoms with Crippen molar-refractivity contribution < 1.29 is 4.79 Å². The minimum atomic E-state index is 0.350. The van der Waals surface area contributed by atoms with Crippen molar-refractivity contribution in [3.05, 3.63) is 68.1 Å². The van der Waals surface area contributed by atoms with Gasteiger partial charge in [-0.25, -0.2) is 4.98 Å². The second kappa shape index (κ2) is 6.27. The number of pyridine rings is 1. The molecule has 0 N–H and O–H groups in total. The third kappa shape index (κ3) is 2.66. The molecular formula is C18H13Cl2N3O. The summed E-state index contributed by atoms with van der Waals surface area (Å²) >= 11 is 12.6. The number of benzene rings is 1. The second-order valence-electron chi connectivity index (χ2n) is 5.58. The number of carbonyl (C=O) groups excluding carboxylic acids is 1. The number of hydrogen-bond acceptors (Lipinski definition) is 3. The highest BCUT2D eigenvalue weighted by molar-refractivity contribution is 6.37. The van der Waals surface area contributed by atoms with Gasteiger partial charge < -0.3 is 4.40 Å². The number of aldehydes is 1. The SMILES string of the molecule is Cc1cc(C#N)cn2c(C)c(Cc3c(Cl)ccc(C=O)c3Cl)nc12. The first-order valence-corrected chi connectivity index (χ1v) is 8.02. The Hall–Kier alpha value is -2.35. The van der Waals surface area contributed by atoms with E-state index in [0.29, 0.717) is 39.4 Å². The Labute approximate surface area is 149 Å². The van der Waals surface area contributed by atoms with Crippen molar-refractivity contribution in [1.82, 2.24) is 9.38 Å². The molecule has 0 saturated carbocycles. The predicted molar refractivity (Wildman–Crippen MR) is 94.0 cm³/mol. The quantitative estimate of drug-likeness (QED) is 0.646. The van der Waals surface area contributed by atoms with Crippen LogP contribution in [-0.4, -0.2) is 15.7 Å². The maximum atomic E-state index is 11.1. The number of halogens is 2. The van der Waals surface area contributed by atoms with Gasteiger partial charge in [-0.2, -0.15) is 5.26 Å². The van der Waals surface area contributed by atoms with Crippen molar-refractivity contribution in [2.24, 2.45) is 0 Å². The third-order valence-electron chi connectivity index (χ3n) is 4.06. The summed E-state index contributed by atoms with van der Waals surface area (Å²) in [5.41, 5.74) is 5.08.